The Morgan fingerprint density at radius 3 is 2.60 bits per heavy atom. The lowest BCUT2D eigenvalue weighted by atomic mass is 9.96. The lowest BCUT2D eigenvalue weighted by Gasteiger charge is -2.32. The first-order valence-corrected chi connectivity index (χ1v) is 9.39. The van der Waals surface area contributed by atoms with E-state index in [1.807, 2.05) is 0 Å². The number of hydrogen-bond donors (Lipinski definition) is 0. The van der Waals surface area contributed by atoms with Gasteiger partial charge in [-0.3, -0.25) is 4.90 Å². The van der Waals surface area contributed by atoms with Crippen LogP contribution in [0.4, 0.5) is 0 Å². The van der Waals surface area contributed by atoms with Crippen molar-refractivity contribution in [2.24, 2.45) is 5.92 Å². The first-order chi connectivity index (χ1) is 12.2. The van der Waals surface area contributed by atoms with Crippen LogP contribution in [0.2, 0.25) is 0 Å². The Bertz CT molecular complexity index is 857. The molecule has 4 rings (SSSR count). The maximum absolute atomic E-state index is 4.71. The van der Waals surface area contributed by atoms with Gasteiger partial charge in [-0.15, -0.1) is 0 Å². The van der Waals surface area contributed by atoms with E-state index < -0.39 is 0 Å². The molecule has 0 spiro atoms. The molecule has 0 saturated carbocycles. The standard InChI is InChI=1S/C22H27N3/c1-17-6-5-7-20(14-17)15-24-12-10-19(11-13-24)16-25-18(2)23-21-8-3-4-9-22(21)25/h3-9,14,19H,10-13,15-16H2,1-2H3. The number of piperidine rings is 1. The Kier molecular flexibility index (Phi) is 4.58. The van der Waals surface area contributed by atoms with Crippen LogP contribution in [0.3, 0.4) is 0 Å². The van der Waals surface area contributed by atoms with Crippen molar-refractivity contribution in [3.63, 3.8) is 0 Å². The van der Waals surface area contributed by atoms with Crippen LogP contribution in [0.25, 0.3) is 11.0 Å². The van der Waals surface area contributed by atoms with Gasteiger partial charge in [-0.25, -0.2) is 4.98 Å². The van der Waals surface area contributed by atoms with Gasteiger partial charge in [0.1, 0.15) is 5.82 Å². The number of fused-ring (bicyclic) bond motifs is 1. The molecule has 130 valence electrons. The van der Waals surface area contributed by atoms with Gasteiger partial charge in [0, 0.05) is 13.1 Å². The Labute approximate surface area is 150 Å². The third-order valence-corrected chi connectivity index (χ3v) is 5.48. The van der Waals surface area contributed by atoms with Crippen LogP contribution in [0, 0.1) is 19.8 Å². The van der Waals surface area contributed by atoms with Crippen LogP contribution in [0.5, 0.6) is 0 Å². The van der Waals surface area contributed by atoms with E-state index in [9.17, 15) is 0 Å². The van der Waals surface area contributed by atoms with Crippen molar-refractivity contribution in [1.82, 2.24) is 14.5 Å². The van der Waals surface area contributed by atoms with Gasteiger partial charge in [-0.2, -0.15) is 0 Å². The largest absolute Gasteiger partial charge is 0.328 e. The molecule has 1 saturated heterocycles. The number of hydrogen-bond acceptors (Lipinski definition) is 2. The zero-order valence-corrected chi connectivity index (χ0v) is 15.3. The van der Waals surface area contributed by atoms with E-state index in [-0.39, 0.29) is 0 Å². The van der Waals surface area contributed by atoms with E-state index in [0.29, 0.717) is 0 Å². The predicted molar refractivity (Wildman–Crippen MR) is 104 cm³/mol. The molecule has 3 aromatic rings. The van der Waals surface area contributed by atoms with Crippen molar-refractivity contribution < 1.29 is 0 Å². The average molecular weight is 333 g/mol. The molecule has 0 bridgehead atoms. The fraction of sp³-hybridized carbons (Fsp3) is 0.409. The molecule has 2 heterocycles. The number of nitrogens with zero attached hydrogens (tertiary/aromatic N) is 3. The number of para-hydroxylation sites is 2. The van der Waals surface area contributed by atoms with E-state index in [1.54, 1.807) is 0 Å². The highest BCUT2D eigenvalue weighted by atomic mass is 15.1. The van der Waals surface area contributed by atoms with Crippen LogP contribution < -0.4 is 0 Å². The van der Waals surface area contributed by atoms with Crippen molar-refractivity contribution in [3.8, 4) is 0 Å². The van der Waals surface area contributed by atoms with Gasteiger partial charge in [0.2, 0.25) is 0 Å². The molecule has 0 atom stereocenters. The van der Waals surface area contributed by atoms with E-state index >= 15 is 0 Å². The summed E-state index contributed by atoms with van der Waals surface area (Å²) >= 11 is 0. The second kappa shape index (κ2) is 7.01. The van der Waals surface area contributed by atoms with Gasteiger partial charge < -0.3 is 4.57 Å². The van der Waals surface area contributed by atoms with Gasteiger partial charge in [0.15, 0.2) is 0 Å². The lowest BCUT2D eigenvalue weighted by molar-refractivity contribution is 0.167. The minimum atomic E-state index is 0.755. The second-order valence-corrected chi connectivity index (χ2v) is 7.47. The highest BCUT2D eigenvalue weighted by Gasteiger charge is 2.21. The van der Waals surface area contributed by atoms with Gasteiger partial charge in [0.05, 0.1) is 11.0 Å². The van der Waals surface area contributed by atoms with Crippen molar-refractivity contribution >= 4 is 11.0 Å². The molecule has 3 nitrogen and oxygen atoms in total. The van der Waals surface area contributed by atoms with Crippen molar-refractivity contribution in [3.05, 3.63) is 65.5 Å². The van der Waals surface area contributed by atoms with E-state index in [1.165, 1.54) is 42.6 Å². The summed E-state index contributed by atoms with van der Waals surface area (Å²) in [6.07, 6.45) is 2.55. The number of aryl methyl sites for hydroxylation is 2. The summed E-state index contributed by atoms with van der Waals surface area (Å²) in [7, 11) is 0. The minimum Gasteiger partial charge on any atom is -0.328 e. The summed E-state index contributed by atoms with van der Waals surface area (Å²) in [5.74, 6) is 1.90. The van der Waals surface area contributed by atoms with Gasteiger partial charge in [0.25, 0.3) is 0 Å². The highest BCUT2D eigenvalue weighted by molar-refractivity contribution is 5.75. The number of aromatic nitrogens is 2. The molecule has 1 aliphatic rings. The monoisotopic (exact) mass is 333 g/mol. The summed E-state index contributed by atoms with van der Waals surface area (Å²) in [6, 6.07) is 17.4. The number of imidazole rings is 1. The SMILES string of the molecule is Cc1cccc(CN2CCC(Cn3c(C)nc4ccccc43)CC2)c1. The number of benzene rings is 2. The Morgan fingerprint density at radius 1 is 1.00 bits per heavy atom. The Hall–Kier alpha value is -2.13. The molecular weight excluding hydrogens is 306 g/mol. The Balaban J connectivity index is 1.38. The maximum atomic E-state index is 4.71. The third-order valence-electron chi connectivity index (χ3n) is 5.48. The Morgan fingerprint density at radius 2 is 1.80 bits per heavy atom. The first-order valence-electron chi connectivity index (χ1n) is 9.39. The number of likely N-dealkylation sites (tertiary alicyclic amines) is 1. The third kappa shape index (κ3) is 3.62. The number of rotatable bonds is 4. The van der Waals surface area contributed by atoms with Gasteiger partial charge in [-0.05, 0) is 63.4 Å². The van der Waals surface area contributed by atoms with E-state index in [0.717, 1.165) is 30.3 Å². The normalized spacial score (nSPS) is 16.6. The second-order valence-electron chi connectivity index (χ2n) is 7.47. The molecule has 3 heteroatoms. The molecule has 1 aliphatic heterocycles. The molecule has 0 N–H and O–H groups in total. The molecule has 2 aromatic carbocycles. The summed E-state index contributed by atoms with van der Waals surface area (Å²) in [6.45, 7) is 8.89. The zero-order valence-electron chi connectivity index (χ0n) is 15.3. The van der Waals surface area contributed by atoms with E-state index in [2.05, 4.69) is 71.8 Å². The van der Waals surface area contributed by atoms with Crippen molar-refractivity contribution in [1.29, 1.82) is 0 Å². The molecule has 1 aromatic heterocycles. The zero-order chi connectivity index (χ0) is 17.2. The highest BCUT2D eigenvalue weighted by Crippen LogP contribution is 2.24. The first kappa shape index (κ1) is 16.3. The van der Waals surface area contributed by atoms with Gasteiger partial charge in [-0.1, -0.05) is 42.0 Å². The molecule has 25 heavy (non-hydrogen) atoms. The van der Waals surface area contributed by atoms with Gasteiger partial charge >= 0.3 is 0 Å². The minimum absolute atomic E-state index is 0.755. The van der Waals surface area contributed by atoms with Crippen LogP contribution in [-0.4, -0.2) is 27.5 Å². The summed E-state index contributed by atoms with van der Waals surface area (Å²) in [4.78, 5) is 7.31. The maximum Gasteiger partial charge on any atom is 0.106 e. The summed E-state index contributed by atoms with van der Waals surface area (Å²) < 4.78 is 2.41. The fourth-order valence-corrected chi connectivity index (χ4v) is 4.08. The van der Waals surface area contributed by atoms with E-state index in [4.69, 9.17) is 4.98 Å². The molecule has 0 radical (unpaired) electrons. The van der Waals surface area contributed by atoms with Crippen LogP contribution in [-0.2, 0) is 13.1 Å². The molecule has 0 aliphatic carbocycles. The quantitative estimate of drug-likeness (QED) is 0.697. The molecule has 1 fully saturated rings. The van der Waals surface area contributed by atoms with Crippen LogP contribution in [0.1, 0.15) is 29.8 Å². The van der Waals surface area contributed by atoms with Crippen LogP contribution >= 0.6 is 0 Å². The molecule has 0 unspecified atom stereocenters. The predicted octanol–water partition coefficient (Wildman–Crippen LogP) is 4.57. The summed E-state index contributed by atoms with van der Waals surface area (Å²) in [5.41, 5.74) is 5.20. The molecule has 0 amide bonds. The smallest absolute Gasteiger partial charge is 0.106 e. The average Bonchev–Trinajstić information content (AvgIpc) is 2.92. The van der Waals surface area contributed by atoms with Crippen LogP contribution in [0.15, 0.2) is 48.5 Å². The lowest BCUT2D eigenvalue weighted by Crippen LogP contribution is -2.34. The molecular formula is C22H27N3. The topological polar surface area (TPSA) is 21.1 Å². The fourth-order valence-electron chi connectivity index (χ4n) is 4.08. The van der Waals surface area contributed by atoms with Crippen molar-refractivity contribution in [2.75, 3.05) is 13.1 Å². The van der Waals surface area contributed by atoms with Crippen molar-refractivity contribution in [2.45, 2.75) is 39.8 Å². The summed E-state index contributed by atoms with van der Waals surface area (Å²) in [5, 5.41) is 0.